The Morgan fingerprint density at radius 3 is 2.23 bits per heavy atom. The molecule has 0 aliphatic rings. The van der Waals surface area contributed by atoms with Gasteiger partial charge in [-0.15, -0.1) is 0 Å². The third-order valence-corrected chi connectivity index (χ3v) is 3.48. The van der Waals surface area contributed by atoms with E-state index < -0.39 is 14.0 Å². The zero-order valence-corrected chi connectivity index (χ0v) is 9.31. The van der Waals surface area contributed by atoms with Gasteiger partial charge in [-0.1, -0.05) is 0 Å². The average molecular weight is 200 g/mol. The quantitative estimate of drug-likeness (QED) is 0.387. The van der Waals surface area contributed by atoms with Gasteiger partial charge in [0.25, 0.3) is 0 Å². The van der Waals surface area contributed by atoms with Crippen LogP contribution in [0.4, 0.5) is 0 Å². The van der Waals surface area contributed by atoms with Crippen molar-refractivity contribution in [2.75, 3.05) is 0 Å². The van der Waals surface area contributed by atoms with E-state index in [1.54, 1.807) is 17.7 Å². The molecule has 3 nitrogen and oxygen atoms in total. The molecule has 13 heavy (non-hydrogen) atoms. The van der Waals surface area contributed by atoms with Gasteiger partial charge in [0.1, 0.15) is 0 Å². The minimum absolute atomic E-state index is 0.572. The first-order valence-corrected chi connectivity index (χ1v) is 6.45. The number of hydrogen-bond acceptors (Lipinski definition) is 2. The van der Waals surface area contributed by atoms with Gasteiger partial charge < -0.3 is 0 Å². The first-order valence-electron chi connectivity index (χ1n) is 4.94. The monoisotopic (exact) mass is 200 g/mol. The van der Waals surface area contributed by atoms with E-state index in [4.69, 9.17) is 4.55 Å². The SMILES string of the molecule is [Li][CH](CCCCCCC)S(=O)(=O)O. The molecule has 0 bridgehead atoms. The summed E-state index contributed by atoms with van der Waals surface area (Å²) in [6.07, 6.45) is 6.08. The van der Waals surface area contributed by atoms with Gasteiger partial charge in [0, 0.05) is 0 Å². The number of hydrogen-bond donors (Lipinski definition) is 1. The maximum absolute atomic E-state index is 10.6. The number of unbranched alkanes of at least 4 members (excludes halogenated alkanes) is 4. The minimum atomic E-state index is -3.80. The van der Waals surface area contributed by atoms with Crippen LogP contribution in [0, 0.1) is 0 Å². The molecule has 0 rings (SSSR count). The van der Waals surface area contributed by atoms with Gasteiger partial charge in [-0.3, -0.25) is 0 Å². The van der Waals surface area contributed by atoms with Crippen molar-refractivity contribution < 1.29 is 13.0 Å². The van der Waals surface area contributed by atoms with E-state index in [9.17, 15) is 8.42 Å². The van der Waals surface area contributed by atoms with E-state index in [1.165, 1.54) is 12.8 Å². The van der Waals surface area contributed by atoms with Crippen LogP contribution in [0.15, 0.2) is 0 Å². The van der Waals surface area contributed by atoms with Crippen molar-refractivity contribution in [2.24, 2.45) is 0 Å². The van der Waals surface area contributed by atoms with Crippen LogP contribution in [0.1, 0.15) is 45.4 Å². The Morgan fingerprint density at radius 1 is 1.23 bits per heavy atom. The van der Waals surface area contributed by atoms with Gasteiger partial charge in [-0.05, 0) is 0 Å². The average Bonchev–Trinajstić information content (AvgIpc) is 2.02. The third kappa shape index (κ3) is 7.57. The molecule has 0 aliphatic carbocycles. The standard InChI is InChI=1S/C8H17O3S.Li/c1-2-3-4-5-6-7-8-12(9,10)11;/h8H,2-7H2,1H3,(H,9,10,11);. The van der Waals surface area contributed by atoms with Gasteiger partial charge >= 0.3 is 90.2 Å². The van der Waals surface area contributed by atoms with Gasteiger partial charge in [0.05, 0.1) is 0 Å². The van der Waals surface area contributed by atoms with Crippen molar-refractivity contribution in [1.82, 2.24) is 0 Å². The first kappa shape index (κ1) is 13.5. The van der Waals surface area contributed by atoms with Crippen LogP contribution < -0.4 is 0 Å². The molecule has 74 valence electrons. The van der Waals surface area contributed by atoms with E-state index >= 15 is 0 Å². The molecule has 1 N–H and O–H groups in total. The van der Waals surface area contributed by atoms with Crippen molar-refractivity contribution in [3.8, 4) is 0 Å². The summed E-state index contributed by atoms with van der Waals surface area (Å²) in [5.41, 5.74) is 0. The van der Waals surface area contributed by atoms with E-state index in [1.807, 2.05) is 0 Å². The van der Waals surface area contributed by atoms with Crippen LogP contribution in [0.3, 0.4) is 0 Å². The summed E-state index contributed by atoms with van der Waals surface area (Å²) >= 11 is 1.55. The van der Waals surface area contributed by atoms with Crippen LogP contribution in [-0.4, -0.2) is 34.6 Å². The Hall–Kier alpha value is 0.507. The Morgan fingerprint density at radius 2 is 1.77 bits per heavy atom. The molecule has 0 fully saturated rings. The molecule has 0 heterocycles. The summed E-state index contributed by atoms with van der Waals surface area (Å²) in [7, 11) is -3.80. The summed E-state index contributed by atoms with van der Waals surface area (Å²) in [4.78, 5) is 0. The predicted molar refractivity (Wildman–Crippen MR) is 54.5 cm³/mol. The predicted octanol–water partition coefficient (Wildman–Crippen LogP) is 1.73. The zero-order valence-electron chi connectivity index (χ0n) is 8.49. The van der Waals surface area contributed by atoms with Gasteiger partial charge in [0.15, 0.2) is 0 Å². The Bertz CT molecular complexity index is 213. The Kier molecular flexibility index (Phi) is 7.16. The van der Waals surface area contributed by atoms with Crippen LogP contribution in [0.2, 0.25) is 0 Å². The molecule has 1 atom stereocenters. The Labute approximate surface area is 90.2 Å². The molecule has 1 unspecified atom stereocenters. The molecule has 0 aliphatic heterocycles. The first-order chi connectivity index (χ1) is 5.98. The third-order valence-electron chi connectivity index (χ3n) is 2.22. The summed E-state index contributed by atoms with van der Waals surface area (Å²) < 4.78 is 29.3. The molecule has 0 radical (unpaired) electrons. The van der Waals surface area contributed by atoms with Crippen LogP contribution in [0.25, 0.3) is 0 Å². The molecule has 5 heteroatoms. The molecule has 0 aromatic rings. The second-order valence-corrected chi connectivity index (χ2v) is 5.36. The van der Waals surface area contributed by atoms with Crippen LogP contribution in [-0.2, 0) is 10.1 Å². The molecule has 0 saturated carbocycles. The summed E-state index contributed by atoms with van der Waals surface area (Å²) in [5.74, 6) is 0. The van der Waals surface area contributed by atoms with Gasteiger partial charge in [-0.25, -0.2) is 0 Å². The molecule has 0 spiro atoms. The summed E-state index contributed by atoms with van der Waals surface area (Å²) in [6.45, 7) is 2.14. The van der Waals surface area contributed by atoms with E-state index in [-0.39, 0.29) is 0 Å². The normalized spacial score (nSPS) is 14.5. The molecular weight excluding hydrogens is 183 g/mol. The fourth-order valence-electron chi connectivity index (χ4n) is 1.18. The Balaban J connectivity index is 3.44. The van der Waals surface area contributed by atoms with Gasteiger partial charge in [0.2, 0.25) is 0 Å². The fourth-order valence-corrected chi connectivity index (χ4v) is 1.65. The van der Waals surface area contributed by atoms with E-state index in [2.05, 4.69) is 6.92 Å². The van der Waals surface area contributed by atoms with Crippen LogP contribution in [0.5, 0.6) is 0 Å². The van der Waals surface area contributed by atoms with E-state index in [0.717, 1.165) is 19.3 Å². The van der Waals surface area contributed by atoms with Crippen molar-refractivity contribution in [3.63, 3.8) is 0 Å². The zero-order chi connectivity index (χ0) is 10.3. The van der Waals surface area contributed by atoms with Crippen molar-refractivity contribution in [3.05, 3.63) is 0 Å². The molecule has 0 saturated heterocycles. The summed E-state index contributed by atoms with van der Waals surface area (Å²) in [6, 6.07) is 0. The van der Waals surface area contributed by atoms with Crippen molar-refractivity contribution >= 4 is 27.8 Å². The van der Waals surface area contributed by atoms with Crippen molar-refractivity contribution in [1.29, 1.82) is 0 Å². The molecular formula is C8H17LiO3S. The van der Waals surface area contributed by atoms with Crippen LogP contribution >= 0.6 is 0 Å². The molecule has 0 aromatic carbocycles. The summed E-state index contributed by atoms with van der Waals surface area (Å²) in [5, 5.41) is 0. The van der Waals surface area contributed by atoms with E-state index in [0.29, 0.717) is 6.42 Å². The second kappa shape index (κ2) is 6.89. The van der Waals surface area contributed by atoms with Crippen molar-refractivity contribution in [2.45, 2.75) is 49.4 Å². The topological polar surface area (TPSA) is 54.4 Å². The maximum atomic E-state index is 10.6. The fraction of sp³-hybridized carbons (Fsp3) is 1.00. The molecule has 0 aromatic heterocycles. The number of rotatable bonds is 7. The molecule has 0 amide bonds. The second-order valence-electron chi connectivity index (χ2n) is 3.53. The van der Waals surface area contributed by atoms with Gasteiger partial charge in [-0.2, -0.15) is 0 Å².